The number of nitrogens with zero attached hydrogens (tertiary/aromatic N) is 2. The zero-order chi connectivity index (χ0) is 8.67. The first-order chi connectivity index (χ1) is 6.43. The third kappa shape index (κ3) is 0.902. The maximum atomic E-state index is 4.39. The molecule has 0 amide bonds. The molecule has 0 aliphatic rings. The minimum Gasteiger partial charge on any atom is -0.329 e. The van der Waals surface area contributed by atoms with Crippen molar-refractivity contribution in [3.8, 4) is 0 Å². The second-order valence-corrected chi connectivity index (χ2v) is 2.88. The smallest absolute Gasteiger partial charge is 0.157 e. The fourth-order valence-electron chi connectivity index (χ4n) is 1.41. The molecule has 3 nitrogen and oxygen atoms in total. The molecule has 3 heteroatoms. The van der Waals surface area contributed by atoms with Crippen LogP contribution in [0.25, 0.3) is 22.1 Å². The van der Waals surface area contributed by atoms with E-state index in [4.69, 9.17) is 0 Å². The van der Waals surface area contributed by atoms with Gasteiger partial charge in [-0.1, -0.05) is 12.1 Å². The standard InChI is InChI=1S/C10H6N3/c1-2-4-8-7(3-1)5-9-10(13-8)12-6-11-9/h1,3-6H,(H,11,12,13). The van der Waals surface area contributed by atoms with Crippen LogP contribution in [0.15, 0.2) is 30.6 Å². The van der Waals surface area contributed by atoms with Gasteiger partial charge in [0, 0.05) is 5.39 Å². The van der Waals surface area contributed by atoms with Gasteiger partial charge in [-0.2, -0.15) is 0 Å². The van der Waals surface area contributed by atoms with Crippen molar-refractivity contribution in [1.29, 1.82) is 0 Å². The first-order valence-electron chi connectivity index (χ1n) is 4.03. The van der Waals surface area contributed by atoms with E-state index in [1.807, 2.05) is 24.3 Å². The van der Waals surface area contributed by atoms with Crippen molar-refractivity contribution in [2.45, 2.75) is 0 Å². The van der Waals surface area contributed by atoms with Crippen molar-refractivity contribution in [1.82, 2.24) is 15.0 Å². The molecule has 1 aromatic carbocycles. The van der Waals surface area contributed by atoms with Gasteiger partial charge in [-0.25, -0.2) is 9.97 Å². The molecule has 13 heavy (non-hydrogen) atoms. The number of nitrogens with one attached hydrogen (secondary N) is 1. The van der Waals surface area contributed by atoms with E-state index in [0.29, 0.717) is 0 Å². The Kier molecular flexibility index (Phi) is 1.16. The van der Waals surface area contributed by atoms with Crippen LogP contribution in [0, 0.1) is 6.07 Å². The van der Waals surface area contributed by atoms with Gasteiger partial charge in [0.25, 0.3) is 0 Å². The summed E-state index contributed by atoms with van der Waals surface area (Å²) in [5, 5.41) is 1.10. The van der Waals surface area contributed by atoms with Crippen molar-refractivity contribution in [2.75, 3.05) is 0 Å². The molecule has 0 spiro atoms. The monoisotopic (exact) mass is 168 g/mol. The highest BCUT2D eigenvalue weighted by Crippen LogP contribution is 2.15. The molecule has 0 bridgehead atoms. The summed E-state index contributed by atoms with van der Waals surface area (Å²) in [7, 11) is 0. The number of imidazole rings is 1. The van der Waals surface area contributed by atoms with Gasteiger partial charge in [0.15, 0.2) is 5.65 Å². The number of hydrogen-bond donors (Lipinski definition) is 1. The Morgan fingerprint density at radius 2 is 2.31 bits per heavy atom. The highest BCUT2D eigenvalue weighted by molar-refractivity contribution is 5.88. The number of aromatic nitrogens is 3. The molecule has 2 aromatic heterocycles. The van der Waals surface area contributed by atoms with E-state index in [2.05, 4.69) is 21.0 Å². The van der Waals surface area contributed by atoms with Gasteiger partial charge >= 0.3 is 0 Å². The average Bonchev–Trinajstić information content (AvgIpc) is 2.61. The number of aromatic amines is 1. The normalized spacial score (nSPS) is 11.1. The lowest BCUT2D eigenvalue weighted by atomic mass is 10.2. The maximum absolute atomic E-state index is 4.39. The topological polar surface area (TPSA) is 41.6 Å². The number of benzene rings is 1. The van der Waals surface area contributed by atoms with Crippen LogP contribution < -0.4 is 0 Å². The van der Waals surface area contributed by atoms with Gasteiger partial charge in [-0.3, -0.25) is 0 Å². The summed E-state index contributed by atoms with van der Waals surface area (Å²) < 4.78 is 0. The summed E-state index contributed by atoms with van der Waals surface area (Å²) in [6.07, 6.45) is 1.65. The van der Waals surface area contributed by atoms with Crippen LogP contribution in [0.4, 0.5) is 0 Å². The third-order valence-electron chi connectivity index (χ3n) is 2.05. The van der Waals surface area contributed by atoms with Gasteiger partial charge in [0.2, 0.25) is 0 Å². The van der Waals surface area contributed by atoms with Gasteiger partial charge in [0.1, 0.15) is 5.52 Å². The maximum Gasteiger partial charge on any atom is 0.157 e. The Bertz CT molecular complexity index is 519. The molecular formula is C10H6N3. The van der Waals surface area contributed by atoms with E-state index < -0.39 is 0 Å². The van der Waals surface area contributed by atoms with Gasteiger partial charge < -0.3 is 4.98 Å². The van der Waals surface area contributed by atoms with E-state index in [0.717, 1.165) is 22.1 Å². The summed E-state index contributed by atoms with van der Waals surface area (Å²) in [5.74, 6) is 0. The molecule has 3 rings (SSSR count). The Morgan fingerprint density at radius 3 is 3.31 bits per heavy atom. The third-order valence-corrected chi connectivity index (χ3v) is 2.05. The number of pyridine rings is 1. The Morgan fingerprint density at radius 1 is 1.31 bits per heavy atom. The van der Waals surface area contributed by atoms with Crippen molar-refractivity contribution in [3.63, 3.8) is 0 Å². The van der Waals surface area contributed by atoms with E-state index in [-0.39, 0.29) is 0 Å². The second kappa shape index (κ2) is 2.29. The Hall–Kier alpha value is -1.90. The van der Waals surface area contributed by atoms with Crippen molar-refractivity contribution < 1.29 is 0 Å². The quantitative estimate of drug-likeness (QED) is 0.557. The van der Waals surface area contributed by atoms with Crippen LogP contribution in [0.1, 0.15) is 0 Å². The summed E-state index contributed by atoms with van der Waals surface area (Å²) in [6.45, 7) is 0. The molecule has 2 heterocycles. The summed E-state index contributed by atoms with van der Waals surface area (Å²) in [4.78, 5) is 11.5. The minimum atomic E-state index is 0.826. The number of H-pyrrole nitrogens is 1. The van der Waals surface area contributed by atoms with Crippen molar-refractivity contribution in [2.24, 2.45) is 0 Å². The SMILES string of the molecule is [c]1ccc2cc3nc[nH]c3nc2c1. The Balaban J connectivity index is 2.57. The molecule has 0 unspecified atom stereocenters. The van der Waals surface area contributed by atoms with E-state index in [1.165, 1.54) is 0 Å². The van der Waals surface area contributed by atoms with E-state index in [1.54, 1.807) is 6.33 Å². The van der Waals surface area contributed by atoms with Crippen LogP contribution in [0.5, 0.6) is 0 Å². The van der Waals surface area contributed by atoms with Gasteiger partial charge in [-0.05, 0) is 18.2 Å². The number of fused-ring (bicyclic) bond motifs is 2. The fourth-order valence-corrected chi connectivity index (χ4v) is 1.41. The highest BCUT2D eigenvalue weighted by Gasteiger charge is 1.99. The lowest BCUT2D eigenvalue weighted by Gasteiger charge is -1.94. The average molecular weight is 168 g/mol. The van der Waals surface area contributed by atoms with Crippen molar-refractivity contribution in [3.05, 3.63) is 36.7 Å². The molecule has 0 aliphatic heterocycles. The summed E-state index contributed by atoms with van der Waals surface area (Å²) >= 11 is 0. The van der Waals surface area contributed by atoms with Crippen LogP contribution in [-0.2, 0) is 0 Å². The molecule has 61 valence electrons. The fraction of sp³-hybridized carbons (Fsp3) is 0. The van der Waals surface area contributed by atoms with E-state index in [9.17, 15) is 0 Å². The molecule has 0 saturated heterocycles. The Labute approximate surface area is 74.4 Å². The lowest BCUT2D eigenvalue weighted by molar-refractivity contribution is 1.32. The lowest BCUT2D eigenvalue weighted by Crippen LogP contribution is -1.80. The molecule has 1 N–H and O–H groups in total. The van der Waals surface area contributed by atoms with Crippen molar-refractivity contribution >= 4 is 22.1 Å². The van der Waals surface area contributed by atoms with Gasteiger partial charge in [0.05, 0.1) is 11.8 Å². The first kappa shape index (κ1) is 6.60. The van der Waals surface area contributed by atoms with Gasteiger partial charge in [-0.15, -0.1) is 0 Å². The molecule has 3 aromatic rings. The minimum absolute atomic E-state index is 0.826. The second-order valence-electron chi connectivity index (χ2n) is 2.88. The highest BCUT2D eigenvalue weighted by atomic mass is 14.9. The molecule has 0 saturated carbocycles. The molecule has 0 atom stereocenters. The molecular weight excluding hydrogens is 162 g/mol. The molecule has 0 aliphatic carbocycles. The van der Waals surface area contributed by atoms with Crippen LogP contribution in [0.2, 0.25) is 0 Å². The van der Waals surface area contributed by atoms with Crippen LogP contribution >= 0.6 is 0 Å². The summed E-state index contributed by atoms with van der Waals surface area (Å²) in [6, 6.07) is 10.7. The largest absolute Gasteiger partial charge is 0.329 e. The van der Waals surface area contributed by atoms with Crippen LogP contribution in [0.3, 0.4) is 0 Å². The van der Waals surface area contributed by atoms with Crippen LogP contribution in [-0.4, -0.2) is 15.0 Å². The number of hydrogen-bond acceptors (Lipinski definition) is 2. The first-order valence-corrected chi connectivity index (χ1v) is 4.03. The molecule has 0 fully saturated rings. The zero-order valence-corrected chi connectivity index (χ0v) is 6.78. The predicted molar refractivity (Wildman–Crippen MR) is 50.2 cm³/mol. The zero-order valence-electron chi connectivity index (χ0n) is 6.78. The predicted octanol–water partition coefficient (Wildman–Crippen LogP) is 1.91. The summed E-state index contributed by atoms with van der Waals surface area (Å²) in [5.41, 5.74) is 2.67. The number of rotatable bonds is 0. The molecule has 1 radical (unpaired) electrons. The van der Waals surface area contributed by atoms with E-state index >= 15 is 0 Å².